The first-order valence-electron chi connectivity index (χ1n) is 12.8. The summed E-state index contributed by atoms with van der Waals surface area (Å²) in [5.41, 5.74) is 0.254. The number of sulfonamides is 2. The summed E-state index contributed by atoms with van der Waals surface area (Å²) >= 11 is 0. The Morgan fingerprint density at radius 2 is 1.60 bits per heavy atom. The number of hydrogen-bond donors (Lipinski definition) is 2. The normalized spacial score (nSPS) is 18.8. The number of nitrogens with one attached hydrogen (secondary N) is 1. The number of fused-ring (bicyclic) bond motifs is 1. The van der Waals surface area contributed by atoms with Crippen LogP contribution in [-0.4, -0.2) is 75.9 Å². The predicted octanol–water partition coefficient (Wildman–Crippen LogP) is 3.03. The Morgan fingerprint density at radius 1 is 1.00 bits per heavy atom. The second kappa shape index (κ2) is 12.0. The maximum atomic E-state index is 13.6. The molecule has 1 heterocycles. The van der Waals surface area contributed by atoms with Crippen molar-refractivity contribution in [3.8, 4) is 5.75 Å². The molecular weight excluding hydrogens is 554 g/mol. The smallest absolute Gasteiger partial charge is 0.261 e. The molecule has 0 unspecified atom stereocenters. The zero-order valence-corrected chi connectivity index (χ0v) is 24.1. The van der Waals surface area contributed by atoms with Gasteiger partial charge in [0.1, 0.15) is 11.9 Å². The molecule has 3 atom stereocenters. The molecule has 4 rings (SSSR count). The van der Waals surface area contributed by atoms with Crippen molar-refractivity contribution in [1.29, 1.82) is 0 Å². The zero-order chi connectivity index (χ0) is 29.1. The van der Waals surface area contributed by atoms with Crippen LogP contribution in [0.4, 0.5) is 5.69 Å². The summed E-state index contributed by atoms with van der Waals surface area (Å²) in [6.07, 6.45) is -0.657. The first-order chi connectivity index (χ1) is 18.9. The lowest BCUT2D eigenvalue weighted by Gasteiger charge is -2.38. The summed E-state index contributed by atoms with van der Waals surface area (Å²) in [5, 5.41) is 9.87. The molecule has 0 spiro atoms. The standard InChI is InChI=1S/C28H33N3O7S2/c1-20-17-31(21(2)19-32)28(33)25-16-22(29-39(34,35)23-10-6-4-7-11-23)14-15-26(25)38-27(20)18-30(3)40(36,37)24-12-8-5-9-13-24/h4-16,20-21,27,29,32H,17-19H2,1-3H3/t20-,21-,27+/m0/s1. The van der Waals surface area contributed by atoms with Crippen LogP contribution in [0.2, 0.25) is 0 Å². The molecule has 0 radical (unpaired) electrons. The highest BCUT2D eigenvalue weighted by molar-refractivity contribution is 7.92. The van der Waals surface area contributed by atoms with Crippen LogP contribution in [-0.2, 0) is 20.0 Å². The van der Waals surface area contributed by atoms with Gasteiger partial charge in [0.25, 0.3) is 15.9 Å². The number of carbonyl (C=O) groups is 1. The van der Waals surface area contributed by atoms with Gasteiger partial charge in [-0.25, -0.2) is 16.8 Å². The number of nitrogens with zero attached hydrogens (tertiary/aromatic N) is 2. The van der Waals surface area contributed by atoms with E-state index in [0.717, 1.165) is 0 Å². The highest BCUT2D eigenvalue weighted by Gasteiger charge is 2.35. The van der Waals surface area contributed by atoms with Crippen molar-refractivity contribution in [2.24, 2.45) is 5.92 Å². The fourth-order valence-corrected chi connectivity index (χ4v) is 6.72. The summed E-state index contributed by atoms with van der Waals surface area (Å²) < 4.78 is 62.1. The van der Waals surface area contributed by atoms with E-state index >= 15 is 0 Å². The highest BCUT2D eigenvalue weighted by atomic mass is 32.2. The number of rotatable bonds is 9. The van der Waals surface area contributed by atoms with Crippen LogP contribution in [0.15, 0.2) is 88.7 Å². The van der Waals surface area contributed by atoms with Gasteiger partial charge in [-0.05, 0) is 49.4 Å². The molecule has 12 heteroatoms. The molecule has 0 bridgehead atoms. The highest BCUT2D eigenvalue weighted by Crippen LogP contribution is 2.32. The number of amides is 1. The molecule has 214 valence electrons. The van der Waals surface area contributed by atoms with Gasteiger partial charge in [0.2, 0.25) is 10.0 Å². The SMILES string of the molecule is C[C@H]1CN([C@@H](C)CO)C(=O)c2cc(NS(=O)(=O)c3ccccc3)ccc2O[C@@H]1CN(C)S(=O)(=O)c1ccccc1. The summed E-state index contributed by atoms with van der Waals surface area (Å²) in [6, 6.07) is 19.7. The average molecular weight is 588 g/mol. The molecule has 1 aliphatic heterocycles. The largest absolute Gasteiger partial charge is 0.488 e. The van der Waals surface area contributed by atoms with Crippen molar-refractivity contribution in [1.82, 2.24) is 9.21 Å². The fraction of sp³-hybridized carbons (Fsp3) is 0.321. The minimum absolute atomic E-state index is 0.00421. The summed E-state index contributed by atoms with van der Waals surface area (Å²) in [5.74, 6) is -0.562. The van der Waals surface area contributed by atoms with E-state index in [0.29, 0.717) is 0 Å². The molecule has 1 amide bonds. The molecular formula is C28H33N3O7S2. The molecule has 0 saturated carbocycles. The predicted molar refractivity (Wildman–Crippen MR) is 151 cm³/mol. The molecule has 40 heavy (non-hydrogen) atoms. The van der Waals surface area contributed by atoms with Gasteiger partial charge in [0, 0.05) is 25.2 Å². The molecule has 10 nitrogen and oxygen atoms in total. The van der Waals surface area contributed by atoms with Crippen molar-refractivity contribution in [3.05, 3.63) is 84.4 Å². The van der Waals surface area contributed by atoms with Gasteiger partial charge < -0.3 is 14.7 Å². The van der Waals surface area contributed by atoms with E-state index in [1.807, 2.05) is 6.92 Å². The number of aliphatic hydroxyl groups is 1. The van der Waals surface area contributed by atoms with E-state index in [9.17, 15) is 26.7 Å². The summed E-state index contributed by atoms with van der Waals surface area (Å²) in [4.78, 5) is 15.4. The number of carbonyl (C=O) groups excluding carboxylic acids is 1. The number of aliphatic hydroxyl groups excluding tert-OH is 1. The van der Waals surface area contributed by atoms with E-state index in [-0.39, 0.29) is 52.4 Å². The topological polar surface area (TPSA) is 133 Å². The number of hydrogen-bond acceptors (Lipinski definition) is 7. The van der Waals surface area contributed by atoms with E-state index in [4.69, 9.17) is 4.74 Å². The van der Waals surface area contributed by atoms with Crippen LogP contribution in [0, 0.1) is 5.92 Å². The average Bonchev–Trinajstić information content (AvgIpc) is 2.95. The van der Waals surface area contributed by atoms with Crippen LogP contribution < -0.4 is 9.46 Å². The monoisotopic (exact) mass is 587 g/mol. The van der Waals surface area contributed by atoms with E-state index < -0.39 is 38.1 Å². The van der Waals surface area contributed by atoms with Crippen LogP contribution in [0.1, 0.15) is 24.2 Å². The van der Waals surface area contributed by atoms with Crippen molar-refractivity contribution < 1.29 is 31.5 Å². The molecule has 0 fully saturated rings. The Morgan fingerprint density at radius 3 is 2.20 bits per heavy atom. The Bertz CT molecular complexity index is 1550. The molecule has 3 aromatic rings. The molecule has 1 aliphatic rings. The number of benzene rings is 3. The van der Waals surface area contributed by atoms with Gasteiger partial charge in [-0.1, -0.05) is 43.3 Å². The maximum absolute atomic E-state index is 13.6. The lowest BCUT2D eigenvalue weighted by Crippen LogP contribution is -2.50. The maximum Gasteiger partial charge on any atom is 0.261 e. The van der Waals surface area contributed by atoms with E-state index in [1.54, 1.807) is 43.3 Å². The molecule has 3 aromatic carbocycles. The lowest BCUT2D eigenvalue weighted by atomic mass is 9.99. The first kappa shape index (κ1) is 29.5. The third-order valence-corrected chi connectivity index (χ3v) is 10.1. The van der Waals surface area contributed by atoms with Gasteiger partial charge in [-0.15, -0.1) is 0 Å². The van der Waals surface area contributed by atoms with Gasteiger partial charge in [0.05, 0.1) is 34.5 Å². The minimum atomic E-state index is -3.92. The third-order valence-electron chi connectivity index (χ3n) is 6.86. The van der Waals surface area contributed by atoms with Gasteiger partial charge >= 0.3 is 0 Å². The molecule has 0 aromatic heterocycles. The summed E-state index contributed by atoms with van der Waals surface area (Å²) in [6.45, 7) is 3.45. The second-order valence-electron chi connectivity index (χ2n) is 9.85. The Kier molecular flexibility index (Phi) is 8.83. The van der Waals surface area contributed by atoms with E-state index in [2.05, 4.69) is 4.72 Å². The van der Waals surface area contributed by atoms with Crippen LogP contribution in [0.3, 0.4) is 0 Å². The van der Waals surface area contributed by atoms with Gasteiger partial charge in [-0.2, -0.15) is 4.31 Å². The first-order valence-corrected chi connectivity index (χ1v) is 15.7. The quantitative estimate of drug-likeness (QED) is 0.393. The molecule has 0 aliphatic carbocycles. The van der Waals surface area contributed by atoms with Crippen molar-refractivity contribution >= 4 is 31.6 Å². The van der Waals surface area contributed by atoms with Gasteiger partial charge in [0.15, 0.2) is 0 Å². The van der Waals surface area contributed by atoms with Crippen molar-refractivity contribution in [2.45, 2.75) is 35.8 Å². The second-order valence-corrected chi connectivity index (χ2v) is 13.6. The molecule has 0 saturated heterocycles. The minimum Gasteiger partial charge on any atom is -0.488 e. The summed E-state index contributed by atoms with van der Waals surface area (Å²) in [7, 11) is -6.25. The Hall–Kier alpha value is -3.45. The van der Waals surface area contributed by atoms with Gasteiger partial charge in [-0.3, -0.25) is 9.52 Å². The number of anilines is 1. The van der Waals surface area contributed by atoms with Crippen LogP contribution in [0.25, 0.3) is 0 Å². The Labute approximate surface area is 235 Å². The van der Waals surface area contributed by atoms with Crippen LogP contribution >= 0.6 is 0 Å². The third kappa shape index (κ3) is 6.30. The van der Waals surface area contributed by atoms with Crippen LogP contribution in [0.5, 0.6) is 5.75 Å². The Balaban J connectivity index is 1.68. The number of ether oxygens (including phenoxy) is 1. The van der Waals surface area contributed by atoms with Crippen molar-refractivity contribution in [3.63, 3.8) is 0 Å². The lowest BCUT2D eigenvalue weighted by molar-refractivity contribution is 0.0387. The zero-order valence-electron chi connectivity index (χ0n) is 22.5. The number of likely N-dealkylation sites (N-methyl/N-ethyl adjacent to an activating group) is 1. The fourth-order valence-electron chi connectivity index (χ4n) is 4.44. The molecule has 2 N–H and O–H groups in total. The van der Waals surface area contributed by atoms with E-state index in [1.165, 1.54) is 58.7 Å². The van der Waals surface area contributed by atoms with Crippen molar-refractivity contribution in [2.75, 3.05) is 31.5 Å².